The third-order valence-corrected chi connectivity index (χ3v) is 5.10. The summed E-state index contributed by atoms with van der Waals surface area (Å²) in [5.74, 6) is -0.180. The highest BCUT2D eigenvalue weighted by Gasteiger charge is 2.25. The molecule has 8 nitrogen and oxygen atoms in total. The van der Waals surface area contributed by atoms with Gasteiger partial charge in [0.25, 0.3) is 0 Å². The van der Waals surface area contributed by atoms with Crippen molar-refractivity contribution in [2.45, 2.75) is 45.3 Å². The third kappa shape index (κ3) is 4.83. The number of nitrogens with zero attached hydrogens (tertiary/aromatic N) is 4. The van der Waals surface area contributed by atoms with Gasteiger partial charge in [0, 0.05) is 18.8 Å². The molecule has 158 valence electrons. The Balaban J connectivity index is 1.69. The molecule has 3 rings (SSSR count). The van der Waals surface area contributed by atoms with Crippen LogP contribution < -0.4 is 10.6 Å². The first-order valence-corrected chi connectivity index (χ1v) is 9.92. The van der Waals surface area contributed by atoms with Gasteiger partial charge in [-0.2, -0.15) is 5.26 Å². The summed E-state index contributed by atoms with van der Waals surface area (Å²) in [6.45, 7) is 4.55. The largest absolute Gasteiger partial charge is 0.394 e. The SMILES string of the molecule is CC[C@@H](NC(=O)N1CCc2cnc(N[C@@H](C)CO)nc2C1)c1ccc(C#N)c(F)c1. The highest BCUT2D eigenvalue weighted by atomic mass is 19.1. The van der Waals surface area contributed by atoms with Gasteiger partial charge in [-0.25, -0.2) is 19.2 Å². The molecule has 3 N–H and O–H groups in total. The van der Waals surface area contributed by atoms with Gasteiger partial charge in [0.05, 0.1) is 30.5 Å². The average molecular weight is 412 g/mol. The van der Waals surface area contributed by atoms with Crippen molar-refractivity contribution in [3.63, 3.8) is 0 Å². The molecule has 0 bridgehead atoms. The number of nitriles is 1. The standard InChI is InChI=1S/C21H25FN6O2/c1-3-18(14-4-5-15(9-23)17(22)8-14)27-21(30)28-7-6-16-10-24-20(25-13(2)12-29)26-19(16)11-28/h4-5,8,10,13,18,29H,3,6-7,11-12H2,1-2H3,(H,27,30)(H,24,25,26)/t13-,18+/m0/s1. The van der Waals surface area contributed by atoms with E-state index in [4.69, 9.17) is 5.26 Å². The van der Waals surface area contributed by atoms with Crippen LogP contribution in [0, 0.1) is 17.1 Å². The quantitative estimate of drug-likeness (QED) is 0.672. The number of hydrogen-bond acceptors (Lipinski definition) is 6. The minimum atomic E-state index is -0.594. The molecule has 0 unspecified atom stereocenters. The number of fused-ring (bicyclic) bond motifs is 1. The first kappa shape index (κ1) is 21.5. The Labute approximate surface area is 174 Å². The van der Waals surface area contributed by atoms with Crippen molar-refractivity contribution >= 4 is 12.0 Å². The van der Waals surface area contributed by atoms with Crippen LogP contribution in [0.4, 0.5) is 15.1 Å². The molecule has 2 atom stereocenters. The third-order valence-electron chi connectivity index (χ3n) is 5.10. The second-order valence-corrected chi connectivity index (χ2v) is 7.33. The molecule has 30 heavy (non-hydrogen) atoms. The van der Waals surface area contributed by atoms with E-state index < -0.39 is 5.82 Å². The number of halogens is 1. The van der Waals surface area contributed by atoms with Crippen LogP contribution in [0.15, 0.2) is 24.4 Å². The molecule has 9 heteroatoms. The lowest BCUT2D eigenvalue weighted by Gasteiger charge is -2.30. The van der Waals surface area contributed by atoms with Gasteiger partial charge in [0.15, 0.2) is 0 Å². The second kappa shape index (κ2) is 9.50. The fourth-order valence-corrected chi connectivity index (χ4v) is 3.31. The fourth-order valence-electron chi connectivity index (χ4n) is 3.31. The molecule has 1 aliphatic rings. The van der Waals surface area contributed by atoms with Gasteiger partial charge in [0.1, 0.15) is 11.9 Å². The lowest BCUT2D eigenvalue weighted by molar-refractivity contribution is 0.187. The predicted molar refractivity (Wildman–Crippen MR) is 109 cm³/mol. The Morgan fingerprint density at radius 2 is 2.27 bits per heavy atom. The van der Waals surface area contributed by atoms with Crippen molar-refractivity contribution in [1.29, 1.82) is 5.26 Å². The highest BCUT2D eigenvalue weighted by Crippen LogP contribution is 2.22. The Bertz CT molecular complexity index is 961. The number of benzene rings is 1. The molecule has 1 aromatic carbocycles. The van der Waals surface area contributed by atoms with E-state index in [1.165, 1.54) is 12.1 Å². The molecular formula is C21H25FN6O2. The van der Waals surface area contributed by atoms with Crippen molar-refractivity contribution < 1.29 is 14.3 Å². The summed E-state index contributed by atoms with van der Waals surface area (Å²) < 4.78 is 14.0. The van der Waals surface area contributed by atoms with E-state index in [1.807, 2.05) is 13.8 Å². The first-order valence-electron chi connectivity index (χ1n) is 9.92. The number of hydrogen-bond donors (Lipinski definition) is 3. The van der Waals surface area contributed by atoms with E-state index in [0.717, 1.165) is 11.3 Å². The van der Waals surface area contributed by atoms with Gasteiger partial charge in [0.2, 0.25) is 5.95 Å². The fraction of sp³-hybridized carbons (Fsp3) is 0.429. The Kier molecular flexibility index (Phi) is 6.79. The van der Waals surface area contributed by atoms with Crippen molar-refractivity contribution in [3.05, 3.63) is 52.6 Å². The number of rotatable bonds is 6. The molecular weight excluding hydrogens is 387 g/mol. The maximum absolute atomic E-state index is 14.0. The van der Waals surface area contributed by atoms with Crippen LogP contribution in [0.5, 0.6) is 0 Å². The van der Waals surface area contributed by atoms with Crippen molar-refractivity contribution in [2.24, 2.45) is 0 Å². The summed E-state index contributed by atoms with van der Waals surface area (Å²) in [6.07, 6.45) is 2.97. The molecule has 0 spiro atoms. The van der Waals surface area contributed by atoms with Crippen molar-refractivity contribution in [1.82, 2.24) is 20.2 Å². The molecule has 1 aliphatic heterocycles. The van der Waals surface area contributed by atoms with Crippen LogP contribution in [0.3, 0.4) is 0 Å². The molecule has 0 saturated heterocycles. The topological polar surface area (TPSA) is 114 Å². The molecule has 0 aliphatic carbocycles. The summed E-state index contributed by atoms with van der Waals surface area (Å²) in [7, 11) is 0. The van der Waals surface area contributed by atoms with Crippen LogP contribution in [0.1, 0.15) is 48.7 Å². The molecule has 2 aromatic rings. The van der Waals surface area contributed by atoms with Crippen molar-refractivity contribution in [3.8, 4) is 6.07 Å². The number of aromatic nitrogens is 2. The number of carbonyl (C=O) groups excluding carboxylic acids is 1. The van der Waals surface area contributed by atoms with Crippen LogP contribution in [0.2, 0.25) is 0 Å². The summed E-state index contributed by atoms with van der Waals surface area (Å²) in [6, 6.07) is 5.39. The lowest BCUT2D eigenvalue weighted by atomic mass is 10.0. The molecule has 0 radical (unpaired) electrons. The zero-order valence-corrected chi connectivity index (χ0v) is 17.0. The smallest absolute Gasteiger partial charge is 0.318 e. The number of aliphatic hydroxyl groups is 1. The van der Waals surface area contributed by atoms with E-state index in [0.29, 0.717) is 37.4 Å². The summed E-state index contributed by atoms with van der Waals surface area (Å²) in [5, 5.41) is 24.0. The maximum Gasteiger partial charge on any atom is 0.318 e. The molecule has 0 fully saturated rings. The number of amides is 2. The van der Waals surface area contributed by atoms with Gasteiger partial charge >= 0.3 is 6.03 Å². The number of anilines is 1. The van der Waals surface area contributed by atoms with Crippen LogP contribution in [0.25, 0.3) is 0 Å². The zero-order valence-electron chi connectivity index (χ0n) is 17.0. The number of nitrogens with one attached hydrogen (secondary N) is 2. The monoisotopic (exact) mass is 412 g/mol. The number of aliphatic hydroxyl groups excluding tert-OH is 1. The van der Waals surface area contributed by atoms with Crippen LogP contribution in [-0.2, 0) is 13.0 Å². The van der Waals surface area contributed by atoms with Gasteiger partial charge in [-0.1, -0.05) is 13.0 Å². The van der Waals surface area contributed by atoms with E-state index in [2.05, 4.69) is 20.6 Å². The van der Waals surface area contributed by atoms with Crippen LogP contribution >= 0.6 is 0 Å². The zero-order chi connectivity index (χ0) is 21.7. The number of urea groups is 1. The normalized spacial score (nSPS) is 15.0. The Morgan fingerprint density at radius 3 is 2.93 bits per heavy atom. The maximum atomic E-state index is 14.0. The molecule has 0 saturated carbocycles. The summed E-state index contributed by atoms with van der Waals surface area (Å²) in [5.41, 5.74) is 2.35. The predicted octanol–water partition coefficient (Wildman–Crippen LogP) is 2.50. The van der Waals surface area contributed by atoms with Gasteiger partial charge in [-0.15, -0.1) is 0 Å². The van der Waals surface area contributed by atoms with E-state index in [-0.39, 0.29) is 30.3 Å². The van der Waals surface area contributed by atoms with E-state index in [9.17, 15) is 14.3 Å². The highest BCUT2D eigenvalue weighted by molar-refractivity contribution is 5.75. The number of carbonyl (C=O) groups is 1. The summed E-state index contributed by atoms with van der Waals surface area (Å²) in [4.78, 5) is 23.3. The lowest BCUT2D eigenvalue weighted by Crippen LogP contribution is -2.44. The van der Waals surface area contributed by atoms with Gasteiger partial charge in [-0.05, 0) is 43.0 Å². The molecule has 2 heterocycles. The minimum absolute atomic E-state index is 0.0211. The Morgan fingerprint density at radius 1 is 1.47 bits per heavy atom. The van der Waals surface area contributed by atoms with Crippen molar-refractivity contribution in [2.75, 3.05) is 18.5 Å². The first-order chi connectivity index (χ1) is 14.4. The molecule has 1 aromatic heterocycles. The summed E-state index contributed by atoms with van der Waals surface area (Å²) >= 11 is 0. The Hall–Kier alpha value is -3.25. The molecule has 2 amide bonds. The average Bonchev–Trinajstić information content (AvgIpc) is 2.76. The van der Waals surface area contributed by atoms with Gasteiger partial charge in [-0.3, -0.25) is 0 Å². The second-order valence-electron chi connectivity index (χ2n) is 7.33. The van der Waals surface area contributed by atoms with E-state index >= 15 is 0 Å². The van der Waals surface area contributed by atoms with Gasteiger partial charge < -0.3 is 20.6 Å². The van der Waals surface area contributed by atoms with Crippen LogP contribution in [-0.4, -0.2) is 45.2 Å². The minimum Gasteiger partial charge on any atom is -0.394 e. The van der Waals surface area contributed by atoms with E-state index in [1.54, 1.807) is 23.2 Å².